The van der Waals surface area contributed by atoms with Gasteiger partial charge in [0.2, 0.25) is 0 Å². The molecule has 1 aromatic rings. The Labute approximate surface area is 75.8 Å². The van der Waals surface area contributed by atoms with Crippen molar-refractivity contribution >= 4 is 5.97 Å². The quantitative estimate of drug-likeness (QED) is 0.660. The average Bonchev–Trinajstić information content (AvgIpc) is 2.59. The predicted octanol–water partition coefficient (Wildman–Crippen LogP) is 1.13. The average molecular weight is 181 g/mol. The lowest BCUT2D eigenvalue weighted by Gasteiger charge is -2.11. The minimum Gasteiger partial charge on any atom is -0.492 e. The molecule has 1 N–H and O–H groups in total. The van der Waals surface area contributed by atoms with E-state index < -0.39 is 0 Å². The summed E-state index contributed by atoms with van der Waals surface area (Å²) in [6.07, 6.45) is 1.93. The van der Waals surface area contributed by atoms with Crippen molar-refractivity contribution in [1.82, 2.24) is 4.98 Å². The molecule has 4 heteroatoms. The minimum atomic E-state index is -0.349. The fourth-order valence-corrected chi connectivity index (χ4v) is 1.44. The molecule has 0 saturated carbocycles. The Morgan fingerprint density at radius 1 is 1.69 bits per heavy atom. The molecule has 0 aliphatic carbocycles. The molecule has 0 amide bonds. The smallest absolute Gasteiger partial charge is 0.354 e. The van der Waals surface area contributed by atoms with E-state index in [4.69, 9.17) is 4.74 Å². The van der Waals surface area contributed by atoms with Gasteiger partial charge in [-0.2, -0.15) is 0 Å². The Hall–Kier alpha value is -1.45. The first kappa shape index (κ1) is 8.16. The third-order valence-corrected chi connectivity index (χ3v) is 2.09. The Bertz CT molecular complexity index is 306. The van der Waals surface area contributed by atoms with E-state index in [2.05, 4.69) is 9.72 Å². The van der Waals surface area contributed by atoms with Gasteiger partial charge in [0.15, 0.2) is 0 Å². The monoisotopic (exact) mass is 181 g/mol. The number of nitrogens with one attached hydrogen (secondary N) is 1. The number of aryl methyl sites for hydroxylation is 1. The van der Waals surface area contributed by atoms with Gasteiger partial charge in [-0.15, -0.1) is 0 Å². The molecule has 0 saturated heterocycles. The molecule has 0 radical (unpaired) electrons. The Balaban J connectivity index is 2.30. The molecule has 4 nitrogen and oxygen atoms in total. The predicted molar refractivity (Wildman–Crippen MR) is 45.9 cm³/mol. The van der Waals surface area contributed by atoms with Gasteiger partial charge in [-0.3, -0.25) is 0 Å². The fourth-order valence-electron chi connectivity index (χ4n) is 1.44. The van der Waals surface area contributed by atoms with E-state index in [1.54, 1.807) is 6.07 Å². The first-order valence-electron chi connectivity index (χ1n) is 4.24. The van der Waals surface area contributed by atoms with Crippen molar-refractivity contribution < 1.29 is 14.3 Å². The van der Waals surface area contributed by atoms with E-state index >= 15 is 0 Å². The van der Waals surface area contributed by atoms with Gasteiger partial charge in [-0.1, -0.05) is 0 Å². The van der Waals surface area contributed by atoms with Crippen LogP contribution in [0.3, 0.4) is 0 Å². The molecule has 13 heavy (non-hydrogen) atoms. The molecule has 1 aliphatic rings. The van der Waals surface area contributed by atoms with Gasteiger partial charge in [0.05, 0.1) is 19.4 Å². The second-order valence-electron chi connectivity index (χ2n) is 2.97. The summed E-state index contributed by atoms with van der Waals surface area (Å²) in [5.41, 5.74) is 1.46. The maximum atomic E-state index is 11.1. The topological polar surface area (TPSA) is 51.3 Å². The molecule has 0 unspecified atom stereocenters. The van der Waals surface area contributed by atoms with Crippen molar-refractivity contribution in [1.29, 1.82) is 0 Å². The Kier molecular flexibility index (Phi) is 1.96. The van der Waals surface area contributed by atoms with Crippen LogP contribution in [-0.4, -0.2) is 24.7 Å². The molecule has 0 bridgehead atoms. The molecule has 2 rings (SSSR count). The van der Waals surface area contributed by atoms with Gasteiger partial charge in [0.25, 0.3) is 0 Å². The first-order valence-corrected chi connectivity index (χ1v) is 4.24. The van der Waals surface area contributed by atoms with Gasteiger partial charge in [0, 0.05) is 6.07 Å². The van der Waals surface area contributed by atoms with E-state index in [-0.39, 0.29) is 5.97 Å². The molecule has 0 aromatic carbocycles. The molecule has 2 heterocycles. The van der Waals surface area contributed by atoms with E-state index in [1.807, 2.05) is 0 Å². The lowest BCUT2D eigenvalue weighted by atomic mass is 10.2. The number of rotatable bonds is 1. The zero-order chi connectivity index (χ0) is 9.26. The molecule has 70 valence electrons. The standard InChI is InChI=1S/C9H11NO3/c1-12-9(11)7-5-8-6(10-7)3-2-4-13-8/h5,10H,2-4H2,1H3. The summed E-state index contributed by atoms with van der Waals surface area (Å²) in [6.45, 7) is 0.728. The lowest BCUT2D eigenvalue weighted by Crippen LogP contribution is -2.06. The normalized spacial score (nSPS) is 14.5. The van der Waals surface area contributed by atoms with Crippen molar-refractivity contribution in [2.45, 2.75) is 12.8 Å². The van der Waals surface area contributed by atoms with Crippen molar-refractivity contribution in [3.05, 3.63) is 17.5 Å². The summed E-state index contributed by atoms with van der Waals surface area (Å²) in [5.74, 6) is 0.435. The van der Waals surface area contributed by atoms with Crippen LogP contribution in [0.1, 0.15) is 22.6 Å². The maximum absolute atomic E-state index is 11.1. The van der Waals surface area contributed by atoms with Gasteiger partial charge in [0.1, 0.15) is 11.4 Å². The van der Waals surface area contributed by atoms with Crippen molar-refractivity contribution in [2.75, 3.05) is 13.7 Å². The van der Waals surface area contributed by atoms with Crippen LogP contribution in [0.2, 0.25) is 0 Å². The summed E-state index contributed by atoms with van der Waals surface area (Å²) in [6, 6.07) is 1.69. The maximum Gasteiger partial charge on any atom is 0.354 e. The SMILES string of the molecule is COC(=O)c1cc2c([nH]1)CCCO2. The molecule has 1 aliphatic heterocycles. The summed E-state index contributed by atoms with van der Waals surface area (Å²) in [7, 11) is 1.36. The molecule has 1 aromatic heterocycles. The van der Waals surface area contributed by atoms with Gasteiger partial charge >= 0.3 is 5.97 Å². The molecule has 0 spiro atoms. The number of ether oxygens (including phenoxy) is 2. The molecular formula is C9H11NO3. The van der Waals surface area contributed by atoms with Crippen LogP contribution in [0.5, 0.6) is 5.75 Å². The number of carbonyl (C=O) groups is 1. The number of hydrogen-bond donors (Lipinski definition) is 1. The van der Waals surface area contributed by atoms with E-state index in [9.17, 15) is 4.79 Å². The Morgan fingerprint density at radius 3 is 3.23 bits per heavy atom. The highest BCUT2D eigenvalue weighted by Gasteiger charge is 2.17. The highest BCUT2D eigenvalue weighted by molar-refractivity contribution is 5.88. The van der Waals surface area contributed by atoms with Crippen LogP contribution in [0.25, 0.3) is 0 Å². The summed E-state index contributed by atoms with van der Waals surface area (Å²) in [5, 5.41) is 0. The summed E-state index contributed by atoms with van der Waals surface area (Å²) < 4.78 is 9.95. The number of aromatic nitrogens is 1. The number of carbonyl (C=O) groups excluding carboxylic acids is 1. The van der Waals surface area contributed by atoms with Crippen molar-refractivity contribution in [3.63, 3.8) is 0 Å². The second-order valence-corrected chi connectivity index (χ2v) is 2.97. The third kappa shape index (κ3) is 1.39. The van der Waals surface area contributed by atoms with Crippen LogP contribution in [0, 0.1) is 0 Å². The highest BCUT2D eigenvalue weighted by Crippen LogP contribution is 2.25. The van der Waals surface area contributed by atoms with Crippen LogP contribution in [-0.2, 0) is 11.2 Å². The lowest BCUT2D eigenvalue weighted by molar-refractivity contribution is 0.0594. The number of hydrogen-bond acceptors (Lipinski definition) is 3. The molecule has 0 atom stereocenters. The van der Waals surface area contributed by atoms with Gasteiger partial charge in [-0.25, -0.2) is 4.79 Å². The van der Waals surface area contributed by atoms with Gasteiger partial charge in [-0.05, 0) is 12.8 Å². The molecular weight excluding hydrogens is 170 g/mol. The third-order valence-electron chi connectivity index (χ3n) is 2.09. The van der Waals surface area contributed by atoms with Crippen molar-refractivity contribution in [3.8, 4) is 5.75 Å². The Morgan fingerprint density at radius 2 is 2.54 bits per heavy atom. The number of fused-ring (bicyclic) bond motifs is 1. The number of methoxy groups -OCH3 is 1. The minimum absolute atomic E-state index is 0.349. The summed E-state index contributed by atoms with van der Waals surface area (Å²) in [4.78, 5) is 14.1. The second kappa shape index (κ2) is 3.12. The largest absolute Gasteiger partial charge is 0.492 e. The van der Waals surface area contributed by atoms with E-state index in [0.717, 1.165) is 30.9 Å². The van der Waals surface area contributed by atoms with E-state index in [0.29, 0.717) is 5.69 Å². The number of esters is 1. The molecule has 0 fully saturated rings. The summed E-state index contributed by atoms with van der Waals surface area (Å²) >= 11 is 0. The van der Waals surface area contributed by atoms with Crippen LogP contribution >= 0.6 is 0 Å². The van der Waals surface area contributed by atoms with Crippen LogP contribution in [0.15, 0.2) is 6.07 Å². The zero-order valence-electron chi connectivity index (χ0n) is 7.42. The fraction of sp³-hybridized carbons (Fsp3) is 0.444. The highest BCUT2D eigenvalue weighted by atomic mass is 16.5. The van der Waals surface area contributed by atoms with Crippen molar-refractivity contribution in [2.24, 2.45) is 0 Å². The number of H-pyrrole nitrogens is 1. The zero-order valence-corrected chi connectivity index (χ0v) is 7.42. The van der Waals surface area contributed by atoms with Crippen LogP contribution in [0.4, 0.5) is 0 Å². The van der Waals surface area contributed by atoms with Gasteiger partial charge < -0.3 is 14.5 Å². The van der Waals surface area contributed by atoms with Crippen LogP contribution < -0.4 is 4.74 Å². The number of aromatic amines is 1. The first-order chi connectivity index (χ1) is 6.31. The van der Waals surface area contributed by atoms with E-state index in [1.165, 1.54) is 7.11 Å².